The smallest absolute Gasteiger partial charge is 0.231 e. The molecule has 0 N–H and O–H groups in total. The number of nitrogens with zero attached hydrogens (tertiary/aromatic N) is 2. The fourth-order valence-corrected chi connectivity index (χ4v) is 2.73. The molecule has 2 rings (SSSR count). The lowest BCUT2D eigenvalue weighted by molar-refractivity contribution is -0.117. The van der Waals surface area contributed by atoms with Crippen LogP contribution in [-0.4, -0.2) is 37.8 Å². The van der Waals surface area contributed by atoms with Crippen molar-refractivity contribution in [3.63, 3.8) is 0 Å². The molecule has 1 amide bonds. The molecule has 1 unspecified atom stereocenters. The van der Waals surface area contributed by atoms with Gasteiger partial charge in [-0.05, 0) is 37.7 Å². The topological polar surface area (TPSA) is 23.6 Å². The standard InChI is InChI=1S/C14H19ClN2O/c1-16(2)12(6-7-15)10-4-5-13-11(8-10)9-14(18)17(13)3/h4-5,8,12H,6-7,9H2,1-3H3. The molecule has 1 aliphatic rings. The van der Waals surface area contributed by atoms with Crippen LogP contribution in [-0.2, 0) is 11.2 Å². The lowest BCUT2D eigenvalue weighted by Crippen LogP contribution is -2.21. The van der Waals surface area contributed by atoms with E-state index in [1.807, 2.05) is 13.1 Å². The summed E-state index contributed by atoms with van der Waals surface area (Å²) < 4.78 is 0. The van der Waals surface area contributed by atoms with Gasteiger partial charge in [-0.25, -0.2) is 0 Å². The quantitative estimate of drug-likeness (QED) is 0.782. The molecule has 1 heterocycles. The van der Waals surface area contributed by atoms with Crippen LogP contribution in [0.25, 0.3) is 0 Å². The number of amides is 1. The summed E-state index contributed by atoms with van der Waals surface area (Å²) in [4.78, 5) is 15.6. The first-order valence-electron chi connectivity index (χ1n) is 6.16. The van der Waals surface area contributed by atoms with Gasteiger partial charge in [0.25, 0.3) is 0 Å². The highest BCUT2D eigenvalue weighted by Crippen LogP contribution is 2.32. The summed E-state index contributed by atoms with van der Waals surface area (Å²) in [5, 5.41) is 0. The maximum absolute atomic E-state index is 11.7. The largest absolute Gasteiger partial charge is 0.315 e. The molecular weight excluding hydrogens is 248 g/mol. The van der Waals surface area contributed by atoms with Gasteiger partial charge in [0, 0.05) is 24.7 Å². The van der Waals surface area contributed by atoms with Gasteiger partial charge in [0.1, 0.15) is 0 Å². The van der Waals surface area contributed by atoms with Crippen LogP contribution in [0.3, 0.4) is 0 Å². The second kappa shape index (κ2) is 5.29. The number of carbonyl (C=O) groups excluding carboxylic acids is 1. The van der Waals surface area contributed by atoms with E-state index in [1.54, 1.807) is 4.90 Å². The molecule has 1 aliphatic heterocycles. The molecule has 0 bridgehead atoms. The number of anilines is 1. The van der Waals surface area contributed by atoms with Gasteiger partial charge in [-0.3, -0.25) is 4.79 Å². The van der Waals surface area contributed by atoms with E-state index in [2.05, 4.69) is 31.1 Å². The zero-order valence-corrected chi connectivity index (χ0v) is 11.9. The van der Waals surface area contributed by atoms with Crippen LogP contribution in [0, 0.1) is 0 Å². The summed E-state index contributed by atoms with van der Waals surface area (Å²) in [6.07, 6.45) is 1.43. The first-order valence-corrected chi connectivity index (χ1v) is 6.70. The molecule has 0 spiro atoms. The Labute approximate surface area is 113 Å². The van der Waals surface area contributed by atoms with E-state index in [1.165, 1.54) is 5.56 Å². The number of hydrogen-bond acceptors (Lipinski definition) is 2. The monoisotopic (exact) mass is 266 g/mol. The Morgan fingerprint density at radius 2 is 2.17 bits per heavy atom. The summed E-state index contributed by atoms with van der Waals surface area (Å²) in [6.45, 7) is 0. The second-order valence-corrected chi connectivity index (χ2v) is 5.35. The maximum Gasteiger partial charge on any atom is 0.231 e. The molecule has 0 saturated heterocycles. The van der Waals surface area contributed by atoms with Gasteiger partial charge in [-0.2, -0.15) is 0 Å². The van der Waals surface area contributed by atoms with E-state index in [0.29, 0.717) is 18.3 Å². The van der Waals surface area contributed by atoms with Crippen LogP contribution >= 0.6 is 11.6 Å². The molecule has 0 saturated carbocycles. The molecule has 1 aromatic rings. The summed E-state index contributed by atoms with van der Waals surface area (Å²) in [5.74, 6) is 0.805. The van der Waals surface area contributed by atoms with Crippen LogP contribution in [0.4, 0.5) is 5.69 Å². The Morgan fingerprint density at radius 3 is 2.78 bits per heavy atom. The molecule has 18 heavy (non-hydrogen) atoms. The number of hydrogen-bond donors (Lipinski definition) is 0. The Kier molecular flexibility index (Phi) is 3.93. The molecule has 4 heteroatoms. The van der Waals surface area contributed by atoms with Crippen LogP contribution < -0.4 is 4.90 Å². The Hall–Kier alpha value is -1.06. The van der Waals surface area contributed by atoms with Crippen molar-refractivity contribution in [2.75, 3.05) is 31.9 Å². The van der Waals surface area contributed by atoms with Crippen LogP contribution in [0.1, 0.15) is 23.6 Å². The highest BCUT2D eigenvalue weighted by Gasteiger charge is 2.25. The third kappa shape index (κ3) is 2.38. The van der Waals surface area contributed by atoms with Crippen LogP contribution in [0.5, 0.6) is 0 Å². The molecule has 0 fully saturated rings. The van der Waals surface area contributed by atoms with Crippen molar-refractivity contribution in [1.29, 1.82) is 0 Å². The van der Waals surface area contributed by atoms with E-state index < -0.39 is 0 Å². The number of likely N-dealkylation sites (N-methyl/N-ethyl adjacent to an activating group) is 1. The fourth-order valence-electron chi connectivity index (χ4n) is 2.52. The molecule has 0 radical (unpaired) electrons. The number of rotatable bonds is 4. The number of halogens is 1. The predicted octanol–water partition coefficient (Wildman–Crippen LogP) is 2.44. The van der Waals surface area contributed by atoms with E-state index in [4.69, 9.17) is 11.6 Å². The normalized spacial score (nSPS) is 16.3. The van der Waals surface area contributed by atoms with Crippen molar-refractivity contribution in [2.24, 2.45) is 0 Å². The minimum atomic E-state index is 0.167. The average molecular weight is 267 g/mol. The number of benzene rings is 1. The first kappa shape index (κ1) is 13.4. The Balaban J connectivity index is 2.32. The fraction of sp³-hybridized carbons (Fsp3) is 0.500. The average Bonchev–Trinajstić information content (AvgIpc) is 2.61. The van der Waals surface area contributed by atoms with Gasteiger partial charge in [-0.1, -0.05) is 12.1 Å². The Bertz CT molecular complexity index is 459. The molecule has 1 aromatic carbocycles. The molecule has 0 aromatic heterocycles. The van der Waals surface area contributed by atoms with Crippen molar-refractivity contribution in [1.82, 2.24) is 4.90 Å². The molecule has 1 atom stereocenters. The maximum atomic E-state index is 11.7. The minimum absolute atomic E-state index is 0.167. The van der Waals surface area contributed by atoms with Crippen molar-refractivity contribution in [3.8, 4) is 0 Å². The summed E-state index contributed by atoms with van der Waals surface area (Å²) >= 11 is 5.86. The third-order valence-electron chi connectivity index (χ3n) is 3.57. The molecular formula is C14H19ClN2O. The minimum Gasteiger partial charge on any atom is -0.315 e. The SMILES string of the molecule is CN1C(=O)Cc2cc(C(CCCl)N(C)C)ccc21. The van der Waals surface area contributed by atoms with Crippen molar-refractivity contribution >= 4 is 23.2 Å². The first-order chi connectivity index (χ1) is 8.54. The summed E-state index contributed by atoms with van der Waals surface area (Å²) in [7, 11) is 5.94. The van der Waals surface area contributed by atoms with Gasteiger partial charge in [0.2, 0.25) is 5.91 Å². The third-order valence-corrected chi connectivity index (χ3v) is 3.79. The zero-order chi connectivity index (χ0) is 13.3. The number of alkyl halides is 1. The van der Waals surface area contributed by atoms with Gasteiger partial charge in [0.15, 0.2) is 0 Å². The van der Waals surface area contributed by atoms with Crippen molar-refractivity contribution < 1.29 is 4.79 Å². The highest BCUT2D eigenvalue weighted by atomic mass is 35.5. The van der Waals surface area contributed by atoms with E-state index in [-0.39, 0.29) is 5.91 Å². The lowest BCUT2D eigenvalue weighted by Gasteiger charge is -2.24. The van der Waals surface area contributed by atoms with Crippen molar-refractivity contribution in [2.45, 2.75) is 18.9 Å². The highest BCUT2D eigenvalue weighted by molar-refractivity contribution is 6.17. The van der Waals surface area contributed by atoms with Gasteiger partial charge >= 0.3 is 0 Å². The van der Waals surface area contributed by atoms with Gasteiger partial charge in [0.05, 0.1) is 6.42 Å². The predicted molar refractivity (Wildman–Crippen MR) is 75.3 cm³/mol. The van der Waals surface area contributed by atoms with E-state index in [9.17, 15) is 4.79 Å². The zero-order valence-electron chi connectivity index (χ0n) is 11.1. The summed E-state index contributed by atoms with van der Waals surface area (Å²) in [6, 6.07) is 6.60. The lowest BCUT2D eigenvalue weighted by atomic mass is 10.00. The Morgan fingerprint density at radius 1 is 1.44 bits per heavy atom. The van der Waals surface area contributed by atoms with Crippen LogP contribution in [0.2, 0.25) is 0 Å². The summed E-state index contributed by atoms with van der Waals surface area (Å²) in [5.41, 5.74) is 3.40. The number of carbonyl (C=O) groups is 1. The molecule has 98 valence electrons. The van der Waals surface area contributed by atoms with E-state index >= 15 is 0 Å². The van der Waals surface area contributed by atoms with Crippen LogP contribution in [0.15, 0.2) is 18.2 Å². The van der Waals surface area contributed by atoms with E-state index in [0.717, 1.165) is 17.7 Å². The molecule has 3 nitrogen and oxygen atoms in total. The van der Waals surface area contributed by atoms with Crippen molar-refractivity contribution in [3.05, 3.63) is 29.3 Å². The second-order valence-electron chi connectivity index (χ2n) is 4.97. The molecule has 0 aliphatic carbocycles. The van der Waals surface area contributed by atoms with Gasteiger partial charge in [-0.15, -0.1) is 11.6 Å². The van der Waals surface area contributed by atoms with Gasteiger partial charge < -0.3 is 9.80 Å². The number of fused-ring (bicyclic) bond motifs is 1.